The molecule has 0 bridgehead atoms. The van der Waals surface area contributed by atoms with Gasteiger partial charge in [0.05, 0.1) is 19.9 Å². The number of ether oxygens (including phenoxy) is 1. The molecule has 1 aromatic rings. The number of rotatable bonds is 3. The first-order chi connectivity index (χ1) is 9.27. The Morgan fingerprint density at radius 2 is 1.65 bits per heavy atom. The summed E-state index contributed by atoms with van der Waals surface area (Å²) < 4.78 is 29.9. The highest BCUT2D eigenvalue weighted by Gasteiger charge is 2.22. The van der Waals surface area contributed by atoms with E-state index in [1.54, 1.807) is 0 Å². The van der Waals surface area contributed by atoms with Gasteiger partial charge in [-0.1, -0.05) is 6.92 Å². The highest BCUT2D eigenvalue weighted by atomic mass is 79.9. The van der Waals surface area contributed by atoms with Crippen molar-refractivity contribution >= 4 is 41.9 Å². The van der Waals surface area contributed by atoms with E-state index in [1.807, 2.05) is 0 Å². The second-order valence-corrected chi connectivity index (χ2v) is 8.53. The van der Waals surface area contributed by atoms with Gasteiger partial charge < -0.3 is 4.74 Å². The van der Waals surface area contributed by atoms with Crippen molar-refractivity contribution < 1.29 is 13.2 Å². The molecule has 1 saturated carbocycles. The molecule has 0 heterocycles. The Bertz CT molecular complexity index is 573. The van der Waals surface area contributed by atoms with Crippen molar-refractivity contribution in [2.75, 3.05) is 0 Å². The predicted molar refractivity (Wildman–Crippen MR) is 85.3 cm³/mol. The van der Waals surface area contributed by atoms with E-state index in [0.29, 0.717) is 14.7 Å². The molecule has 1 aromatic carbocycles. The minimum Gasteiger partial charge on any atom is -0.488 e. The minimum absolute atomic E-state index is 0.0564. The molecule has 0 saturated heterocycles. The van der Waals surface area contributed by atoms with Crippen LogP contribution in [0.4, 0.5) is 0 Å². The van der Waals surface area contributed by atoms with E-state index in [2.05, 4.69) is 38.8 Å². The Labute approximate surface area is 136 Å². The Hall–Kier alpha value is -0.110. The van der Waals surface area contributed by atoms with Gasteiger partial charge in [0.2, 0.25) is 10.0 Å². The van der Waals surface area contributed by atoms with E-state index in [-0.39, 0.29) is 11.0 Å². The van der Waals surface area contributed by atoms with Crippen LogP contribution in [0.3, 0.4) is 0 Å². The Morgan fingerprint density at radius 3 is 2.10 bits per heavy atom. The highest BCUT2D eigenvalue weighted by Crippen LogP contribution is 2.38. The predicted octanol–water partition coefficient (Wildman–Crippen LogP) is 3.82. The van der Waals surface area contributed by atoms with Gasteiger partial charge in [0, 0.05) is 0 Å². The first-order valence-corrected chi connectivity index (χ1v) is 9.59. The summed E-state index contributed by atoms with van der Waals surface area (Å²) >= 11 is 6.71. The van der Waals surface area contributed by atoms with Crippen LogP contribution in [-0.2, 0) is 10.0 Å². The molecule has 0 spiro atoms. The molecular formula is C13H17Br2NO3S. The summed E-state index contributed by atoms with van der Waals surface area (Å²) in [7, 11) is -3.72. The van der Waals surface area contributed by atoms with Gasteiger partial charge in [-0.05, 0) is 75.6 Å². The lowest BCUT2D eigenvalue weighted by Gasteiger charge is -2.27. The van der Waals surface area contributed by atoms with Crippen LogP contribution >= 0.6 is 31.9 Å². The molecule has 1 aliphatic rings. The third-order valence-electron chi connectivity index (χ3n) is 3.55. The van der Waals surface area contributed by atoms with E-state index in [0.717, 1.165) is 31.6 Å². The molecule has 0 aromatic heterocycles. The highest BCUT2D eigenvalue weighted by molar-refractivity contribution is 9.11. The summed E-state index contributed by atoms with van der Waals surface area (Å²) in [5, 5.41) is 5.13. The summed E-state index contributed by atoms with van der Waals surface area (Å²) in [6, 6.07) is 2.95. The Kier molecular flexibility index (Phi) is 5.15. The fourth-order valence-electron chi connectivity index (χ4n) is 2.33. The SMILES string of the molecule is CC1CCC(Oc2c(Br)cc(S(N)(=O)=O)cc2Br)CC1. The van der Waals surface area contributed by atoms with Crippen molar-refractivity contribution in [1.82, 2.24) is 0 Å². The van der Waals surface area contributed by atoms with Crippen molar-refractivity contribution in [3.63, 3.8) is 0 Å². The van der Waals surface area contributed by atoms with Crippen LogP contribution in [0, 0.1) is 5.92 Å². The third kappa shape index (κ3) is 3.96. The molecule has 0 unspecified atom stereocenters. The molecule has 4 nitrogen and oxygen atoms in total. The van der Waals surface area contributed by atoms with Gasteiger partial charge in [-0.2, -0.15) is 0 Å². The second kappa shape index (κ2) is 6.34. The van der Waals surface area contributed by atoms with Crippen LogP contribution in [0.15, 0.2) is 26.0 Å². The summed E-state index contributed by atoms with van der Waals surface area (Å²) in [4.78, 5) is 0.0564. The number of hydrogen-bond donors (Lipinski definition) is 1. The number of sulfonamides is 1. The molecule has 0 aliphatic heterocycles. The molecule has 7 heteroatoms. The van der Waals surface area contributed by atoms with E-state index in [1.165, 1.54) is 12.1 Å². The summed E-state index contributed by atoms with van der Waals surface area (Å²) in [6.45, 7) is 2.25. The summed E-state index contributed by atoms with van der Waals surface area (Å²) in [5.41, 5.74) is 0. The zero-order valence-corrected chi connectivity index (χ0v) is 15.1. The molecule has 2 rings (SSSR count). The van der Waals surface area contributed by atoms with E-state index >= 15 is 0 Å². The molecule has 20 heavy (non-hydrogen) atoms. The molecule has 1 fully saturated rings. The van der Waals surface area contributed by atoms with Crippen molar-refractivity contribution in [3.05, 3.63) is 21.1 Å². The van der Waals surface area contributed by atoms with Gasteiger partial charge in [0.1, 0.15) is 5.75 Å². The maximum atomic E-state index is 11.4. The van der Waals surface area contributed by atoms with E-state index < -0.39 is 10.0 Å². The lowest BCUT2D eigenvalue weighted by atomic mass is 9.89. The molecule has 0 amide bonds. The average Bonchev–Trinajstić information content (AvgIpc) is 2.34. The van der Waals surface area contributed by atoms with Crippen molar-refractivity contribution in [1.29, 1.82) is 0 Å². The molecule has 1 aliphatic carbocycles. The average molecular weight is 427 g/mol. The molecular weight excluding hydrogens is 410 g/mol. The van der Waals surface area contributed by atoms with Gasteiger partial charge in [-0.15, -0.1) is 0 Å². The van der Waals surface area contributed by atoms with Crippen LogP contribution in [0.5, 0.6) is 5.75 Å². The van der Waals surface area contributed by atoms with Crippen molar-refractivity contribution in [2.24, 2.45) is 11.1 Å². The number of nitrogens with two attached hydrogens (primary N) is 1. The van der Waals surface area contributed by atoms with Crippen LogP contribution in [0.2, 0.25) is 0 Å². The van der Waals surface area contributed by atoms with Gasteiger partial charge in [0.15, 0.2) is 0 Å². The fraction of sp³-hybridized carbons (Fsp3) is 0.538. The lowest BCUT2D eigenvalue weighted by molar-refractivity contribution is 0.133. The molecule has 0 radical (unpaired) electrons. The third-order valence-corrected chi connectivity index (χ3v) is 5.62. The number of benzene rings is 1. The quantitative estimate of drug-likeness (QED) is 0.798. The Morgan fingerprint density at radius 1 is 1.15 bits per heavy atom. The van der Waals surface area contributed by atoms with Gasteiger partial charge in [-0.3, -0.25) is 0 Å². The topological polar surface area (TPSA) is 69.4 Å². The molecule has 112 valence electrons. The van der Waals surface area contributed by atoms with E-state index in [9.17, 15) is 8.42 Å². The zero-order chi connectivity index (χ0) is 14.9. The number of primary sulfonamides is 1. The monoisotopic (exact) mass is 425 g/mol. The fourth-order valence-corrected chi connectivity index (χ4v) is 4.57. The first kappa shape index (κ1) is 16.3. The zero-order valence-electron chi connectivity index (χ0n) is 11.1. The lowest BCUT2D eigenvalue weighted by Crippen LogP contribution is -2.23. The number of hydrogen-bond acceptors (Lipinski definition) is 3. The Balaban J connectivity index is 2.21. The standard InChI is InChI=1S/C13H17Br2NO3S/c1-8-2-4-9(5-3-8)19-13-11(14)6-10(7-12(13)15)20(16,17)18/h6-9H,2-5H2,1H3,(H2,16,17,18). The second-order valence-electron chi connectivity index (χ2n) is 5.26. The van der Waals surface area contributed by atoms with Crippen LogP contribution in [0.25, 0.3) is 0 Å². The van der Waals surface area contributed by atoms with Crippen molar-refractivity contribution in [3.8, 4) is 5.75 Å². The van der Waals surface area contributed by atoms with Crippen LogP contribution in [0.1, 0.15) is 32.6 Å². The van der Waals surface area contributed by atoms with Gasteiger partial charge in [0.25, 0.3) is 0 Å². The first-order valence-electron chi connectivity index (χ1n) is 6.46. The van der Waals surface area contributed by atoms with Gasteiger partial charge >= 0.3 is 0 Å². The number of halogens is 2. The van der Waals surface area contributed by atoms with E-state index in [4.69, 9.17) is 9.88 Å². The van der Waals surface area contributed by atoms with Crippen molar-refractivity contribution in [2.45, 2.75) is 43.6 Å². The largest absolute Gasteiger partial charge is 0.488 e. The maximum Gasteiger partial charge on any atom is 0.238 e. The molecule has 2 N–H and O–H groups in total. The molecule has 0 atom stereocenters. The van der Waals surface area contributed by atoms with Gasteiger partial charge in [-0.25, -0.2) is 13.6 Å². The van der Waals surface area contributed by atoms with Crippen LogP contribution in [-0.4, -0.2) is 14.5 Å². The summed E-state index contributed by atoms with van der Waals surface area (Å²) in [5.74, 6) is 1.39. The summed E-state index contributed by atoms with van der Waals surface area (Å²) in [6.07, 6.45) is 4.55. The smallest absolute Gasteiger partial charge is 0.238 e. The minimum atomic E-state index is -3.72. The maximum absolute atomic E-state index is 11.4. The normalized spacial score (nSPS) is 23.6. The van der Waals surface area contributed by atoms with Crippen LogP contribution < -0.4 is 9.88 Å².